The monoisotopic (exact) mass is 303 g/mol. The molecule has 0 amide bonds. The smallest absolute Gasteiger partial charge is 0.126 e. The van der Waals surface area contributed by atoms with Gasteiger partial charge < -0.3 is 10.1 Å². The number of hydrogen-bond acceptors (Lipinski definition) is 5. The molecule has 1 saturated heterocycles. The van der Waals surface area contributed by atoms with Crippen LogP contribution in [0.4, 0.5) is 5.82 Å². The van der Waals surface area contributed by atoms with Crippen LogP contribution in [0.2, 0.25) is 0 Å². The third kappa shape index (κ3) is 3.81. The van der Waals surface area contributed by atoms with Crippen LogP contribution in [0.1, 0.15) is 16.6 Å². The van der Waals surface area contributed by atoms with E-state index in [4.69, 9.17) is 4.74 Å². The molecule has 2 aromatic rings. The van der Waals surface area contributed by atoms with Crippen LogP contribution in [-0.4, -0.2) is 42.7 Å². The number of thiophene rings is 1. The van der Waals surface area contributed by atoms with Crippen molar-refractivity contribution in [2.24, 2.45) is 0 Å². The van der Waals surface area contributed by atoms with Crippen LogP contribution in [0.3, 0.4) is 0 Å². The lowest BCUT2D eigenvalue weighted by atomic mass is 10.2. The van der Waals surface area contributed by atoms with E-state index in [9.17, 15) is 0 Å². The molecule has 2 aromatic heterocycles. The topological polar surface area (TPSA) is 37.4 Å². The lowest BCUT2D eigenvalue weighted by Gasteiger charge is -2.34. The highest BCUT2D eigenvalue weighted by molar-refractivity contribution is 7.10. The van der Waals surface area contributed by atoms with Crippen LogP contribution in [0.25, 0.3) is 0 Å². The molecule has 0 radical (unpaired) electrons. The summed E-state index contributed by atoms with van der Waals surface area (Å²) in [5, 5.41) is 5.63. The van der Waals surface area contributed by atoms with Gasteiger partial charge >= 0.3 is 0 Å². The van der Waals surface area contributed by atoms with Crippen molar-refractivity contribution in [3.05, 3.63) is 46.3 Å². The third-order valence-electron chi connectivity index (χ3n) is 3.72. The Kier molecular flexibility index (Phi) is 4.85. The van der Waals surface area contributed by atoms with Crippen LogP contribution < -0.4 is 5.32 Å². The van der Waals surface area contributed by atoms with Gasteiger partial charge in [-0.15, -0.1) is 11.3 Å². The van der Waals surface area contributed by atoms with E-state index in [1.165, 1.54) is 4.88 Å². The Morgan fingerprint density at radius 2 is 2.14 bits per heavy atom. The van der Waals surface area contributed by atoms with Crippen molar-refractivity contribution in [2.75, 3.05) is 38.2 Å². The minimum absolute atomic E-state index is 0.385. The van der Waals surface area contributed by atoms with Crippen molar-refractivity contribution in [2.45, 2.75) is 13.0 Å². The second-order valence-corrected chi connectivity index (χ2v) is 6.20. The molecule has 0 spiro atoms. The molecule has 1 N–H and O–H groups in total. The lowest BCUT2D eigenvalue weighted by Crippen LogP contribution is -2.41. The van der Waals surface area contributed by atoms with Gasteiger partial charge in [0.15, 0.2) is 0 Å². The van der Waals surface area contributed by atoms with Gasteiger partial charge in [0.2, 0.25) is 0 Å². The minimum atomic E-state index is 0.385. The zero-order chi connectivity index (χ0) is 14.5. The summed E-state index contributed by atoms with van der Waals surface area (Å²) in [6, 6.07) is 10.8. The van der Waals surface area contributed by atoms with E-state index >= 15 is 0 Å². The number of hydrogen-bond donors (Lipinski definition) is 1. The highest BCUT2D eigenvalue weighted by Crippen LogP contribution is 2.26. The number of ether oxygens (including phenoxy) is 1. The van der Waals surface area contributed by atoms with Crippen molar-refractivity contribution in [1.82, 2.24) is 9.88 Å². The van der Waals surface area contributed by atoms with Gasteiger partial charge in [-0.2, -0.15) is 0 Å². The minimum Gasteiger partial charge on any atom is -0.379 e. The Hall–Kier alpha value is -1.43. The fraction of sp³-hybridized carbons (Fsp3) is 0.438. The second kappa shape index (κ2) is 7.02. The van der Waals surface area contributed by atoms with E-state index < -0.39 is 0 Å². The van der Waals surface area contributed by atoms with Gasteiger partial charge in [0.1, 0.15) is 5.82 Å². The van der Waals surface area contributed by atoms with E-state index in [1.54, 1.807) is 0 Å². The summed E-state index contributed by atoms with van der Waals surface area (Å²) in [7, 11) is 0. The van der Waals surface area contributed by atoms with Crippen molar-refractivity contribution in [1.29, 1.82) is 0 Å². The van der Waals surface area contributed by atoms with Crippen molar-refractivity contribution in [3.8, 4) is 0 Å². The predicted molar refractivity (Wildman–Crippen MR) is 86.9 cm³/mol. The molecule has 0 bridgehead atoms. The molecule has 112 valence electrons. The van der Waals surface area contributed by atoms with E-state index in [0.29, 0.717) is 6.04 Å². The van der Waals surface area contributed by atoms with Crippen LogP contribution in [0, 0.1) is 6.92 Å². The molecule has 0 saturated carbocycles. The summed E-state index contributed by atoms with van der Waals surface area (Å²) >= 11 is 1.82. The number of anilines is 1. The molecule has 3 rings (SSSR count). The fourth-order valence-electron chi connectivity index (χ4n) is 2.62. The molecular weight excluding hydrogens is 282 g/mol. The average Bonchev–Trinajstić information content (AvgIpc) is 3.03. The zero-order valence-corrected chi connectivity index (χ0v) is 13.1. The standard InChI is InChI=1S/C16H21N3OS/c1-13-4-2-6-16(18-13)17-12-14(15-5-3-11-21-15)19-7-9-20-10-8-19/h2-6,11,14H,7-10,12H2,1H3,(H,17,18). The van der Waals surface area contributed by atoms with Gasteiger partial charge in [-0.25, -0.2) is 4.98 Å². The van der Waals surface area contributed by atoms with E-state index in [1.807, 2.05) is 36.5 Å². The average molecular weight is 303 g/mol. The third-order valence-corrected chi connectivity index (χ3v) is 4.70. The molecular formula is C16H21N3OS. The number of nitrogens with zero attached hydrogens (tertiary/aromatic N) is 2. The molecule has 1 atom stereocenters. The van der Waals surface area contributed by atoms with E-state index in [-0.39, 0.29) is 0 Å². The summed E-state index contributed by atoms with van der Waals surface area (Å²) in [6.45, 7) is 6.52. The fourth-order valence-corrected chi connectivity index (χ4v) is 3.48. The van der Waals surface area contributed by atoms with Crippen LogP contribution >= 0.6 is 11.3 Å². The second-order valence-electron chi connectivity index (χ2n) is 5.22. The Bertz CT molecular complexity index is 552. The SMILES string of the molecule is Cc1cccc(NCC(c2cccs2)N2CCOCC2)n1. The molecule has 1 unspecified atom stereocenters. The normalized spacial score (nSPS) is 17.6. The molecule has 1 fully saturated rings. The Morgan fingerprint density at radius 3 is 2.86 bits per heavy atom. The Balaban J connectivity index is 1.70. The van der Waals surface area contributed by atoms with E-state index in [0.717, 1.165) is 44.4 Å². The van der Waals surface area contributed by atoms with Gasteiger partial charge in [0, 0.05) is 30.2 Å². The molecule has 4 nitrogen and oxygen atoms in total. The van der Waals surface area contributed by atoms with Gasteiger partial charge in [-0.3, -0.25) is 4.90 Å². The number of rotatable bonds is 5. The molecule has 3 heterocycles. The molecule has 5 heteroatoms. The van der Waals surface area contributed by atoms with Gasteiger partial charge in [0.25, 0.3) is 0 Å². The Morgan fingerprint density at radius 1 is 1.29 bits per heavy atom. The maximum Gasteiger partial charge on any atom is 0.126 e. The number of aryl methyl sites for hydroxylation is 1. The lowest BCUT2D eigenvalue weighted by molar-refractivity contribution is 0.0194. The number of nitrogens with one attached hydrogen (secondary N) is 1. The predicted octanol–water partition coefficient (Wildman–Crippen LogP) is 2.94. The van der Waals surface area contributed by atoms with Crippen molar-refractivity contribution < 1.29 is 4.74 Å². The Labute approximate surface area is 129 Å². The first kappa shape index (κ1) is 14.5. The molecule has 1 aliphatic rings. The molecule has 1 aliphatic heterocycles. The summed E-state index contributed by atoms with van der Waals surface area (Å²) in [5.41, 5.74) is 1.04. The highest BCUT2D eigenvalue weighted by atomic mass is 32.1. The molecule has 0 aliphatic carbocycles. The zero-order valence-electron chi connectivity index (χ0n) is 12.3. The van der Waals surface area contributed by atoms with Crippen LogP contribution in [0.5, 0.6) is 0 Å². The summed E-state index contributed by atoms with van der Waals surface area (Å²) in [5.74, 6) is 0.949. The van der Waals surface area contributed by atoms with Gasteiger partial charge in [-0.05, 0) is 30.5 Å². The van der Waals surface area contributed by atoms with Crippen LogP contribution in [0.15, 0.2) is 35.7 Å². The largest absolute Gasteiger partial charge is 0.379 e. The van der Waals surface area contributed by atoms with Crippen molar-refractivity contribution in [3.63, 3.8) is 0 Å². The summed E-state index contributed by atoms with van der Waals surface area (Å²) in [4.78, 5) is 8.42. The number of aromatic nitrogens is 1. The number of pyridine rings is 1. The van der Waals surface area contributed by atoms with E-state index in [2.05, 4.69) is 32.7 Å². The first-order chi connectivity index (χ1) is 10.3. The summed E-state index contributed by atoms with van der Waals surface area (Å²) < 4.78 is 5.47. The van der Waals surface area contributed by atoms with Gasteiger partial charge in [0.05, 0.1) is 19.3 Å². The summed E-state index contributed by atoms with van der Waals surface area (Å²) in [6.07, 6.45) is 0. The first-order valence-electron chi connectivity index (χ1n) is 7.35. The quantitative estimate of drug-likeness (QED) is 0.921. The number of morpholine rings is 1. The van der Waals surface area contributed by atoms with Crippen LogP contribution in [-0.2, 0) is 4.74 Å². The highest BCUT2D eigenvalue weighted by Gasteiger charge is 2.23. The molecule has 21 heavy (non-hydrogen) atoms. The maximum atomic E-state index is 5.47. The maximum absolute atomic E-state index is 5.47. The molecule has 0 aromatic carbocycles. The van der Waals surface area contributed by atoms with Crippen molar-refractivity contribution >= 4 is 17.2 Å². The first-order valence-corrected chi connectivity index (χ1v) is 8.23. The van der Waals surface area contributed by atoms with Gasteiger partial charge in [-0.1, -0.05) is 12.1 Å².